The summed E-state index contributed by atoms with van der Waals surface area (Å²) in [6, 6.07) is 7.04. The van der Waals surface area contributed by atoms with Crippen LogP contribution < -0.4 is 10.1 Å². The van der Waals surface area contributed by atoms with Gasteiger partial charge in [0.15, 0.2) is 0 Å². The zero-order valence-electron chi connectivity index (χ0n) is 10.2. The van der Waals surface area contributed by atoms with Crippen LogP contribution in [0.5, 0.6) is 5.75 Å². The number of rotatable bonds is 3. The highest BCUT2D eigenvalue weighted by molar-refractivity contribution is 6.76. The standard InChI is InChI=1S/C13H14Cl3NO2/c14-13(15,16)12(18)17-9-5-7-11(8-6-9)19-10-3-1-2-4-10/h5-8,10H,1-4H2,(H,17,18). The number of halogens is 3. The van der Waals surface area contributed by atoms with E-state index in [1.165, 1.54) is 12.8 Å². The van der Waals surface area contributed by atoms with Crippen LogP contribution in [-0.2, 0) is 4.79 Å². The number of alkyl halides is 3. The lowest BCUT2D eigenvalue weighted by Gasteiger charge is -2.14. The van der Waals surface area contributed by atoms with Gasteiger partial charge in [-0.25, -0.2) is 0 Å². The van der Waals surface area contributed by atoms with Crippen molar-refractivity contribution in [3.63, 3.8) is 0 Å². The predicted molar refractivity (Wildman–Crippen MR) is 78.2 cm³/mol. The Morgan fingerprint density at radius 2 is 1.74 bits per heavy atom. The van der Waals surface area contributed by atoms with Crippen molar-refractivity contribution in [2.24, 2.45) is 0 Å². The quantitative estimate of drug-likeness (QED) is 0.842. The number of benzene rings is 1. The van der Waals surface area contributed by atoms with Crippen LogP contribution in [0.25, 0.3) is 0 Å². The third-order valence-corrected chi connectivity index (χ3v) is 3.49. The van der Waals surface area contributed by atoms with Crippen LogP contribution in [0, 0.1) is 0 Å². The molecule has 1 amide bonds. The molecule has 0 saturated heterocycles. The minimum Gasteiger partial charge on any atom is -0.490 e. The first-order valence-electron chi connectivity index (χ1n) is 6.10. The Bertz CT molecular complexity index is 436. The Kier molecular flexibility index (Phi) is 4.82. The summed E-state index contributed by atoms with van der Waals surface area (Å²) < 4.78 is 3.85. The van der Waals surface area contributed by atoms with E-state index in [2.05, 4.69) is 5.32 Å². The van der Waals surface area contributed by atoms with Gasteiger partial charge in [0, 0.05) is 5.69 Å². The molecule has 1 aromatic carbocycles. The number of hydrogen-bond donors (Lipinski definition) is 1. The number of anilines is 1. The molecule has 1 aromatic rings. The van der Waals surface area contributed by atoms with Crippen LogP contribution in [0.1, 0.15) is 25.7 Å². The average Bonchev–Trinajstić information content (AvgIpc) is 2.83. The van der Waals surface area contributed by atoms with Gasteiger partial charge in [0.05, 0.1) is 6.10 Å². The molecule has 0 unspecified atom stereocenters. The Balaban J connectivity index is 1.92. The van der Waals surface area contributed by atoms with E-state index in [0.29, 0.717) is 11.8 Å². The molecule has 3 nitrogen and oxygen atoms in total. The van der Waals surface area contributed by atoms with E-state index in [4.69, 9.17) is 39.5 Å². The number of hydrogen-bond acceptors (Lipinski definition) is 2. The molecule has 0 aliphatic heterocycles. The lowest BCUT2D eigenvalue weighted by Crippen LogP contribution is -2.26. The van der Waals surface area contributed by atoms with E-state index in [-0.39, 0.29) is 0 Å². The van der Waals surface area contributed by atoms with E-state index >= 15 is 0 Å². The highest BCUT2D eigenvalue weighted by atomic mass is 35.6. The molecule has 1 aliphatic carbocycles. The molecular weight excluding hydrogens is 309 g/mol. The Morgan fingerprint density at radius 1 is 1.16 bits per heavy atom. The minimum absolute atomic E-state index is 0.307. The molecule has 0 atom stereocenters. The monoisotopic (exact) mass is 321 g/mol. The second kappa shape index (κ2) is 6.21. The zero-order chi connectivity index (χ0) is 13.9. The number of nitrogens with one attached hydrogen (secondary N) is 1. The van der Waals surface area contributed by atoms with E-state index in [1.54, 1.807) is 24.3 Å². The molecule has 0 heterocycles. The van der Waals surface area contributed by atoms with Crippen molar-refractivity contribution in [3.05, 3.63) is 24.3 Å². The molecule has 6 heteroatoms. The number of ether oxygens (including phenoxy) is 1. The predicted octanol–water partition coefficient (Wildman–Crippen LogP) is 4.32. The number of carbonyl (C=O) groups excluding carboxylic acids is 1. The van der Waals surface area contributed by atoms with Crippen LogP contribution in [0.15, 0.2) is 24.3 Å². The Morgan fingerprint density at radius 3 is 2.26 bits per heavy atom. The van der Waals surface area contributed by atoms with Crippen LogP contribution >= 0.6 is 34.8 Å². The summed E-state index contributed by atoms with van der Waals surface area (Å²) >= 11 is 16.4. The molecule has 104 valence electrons. The van der Waals surface area contributed by atoms with Crippen LogP contribution in [0.4, 0.5) is 5.69 Å². The third-order valence-electron chi connectivity index (χ3n) is 2.97. The van der Waals surface area contributed by atoms with Crippen molar-refractivity contribution < 1.29 is 9.53 Å². The van der Waals surface area contributed by atoms with Gasteiger partial charge in [-0.15, -0.1) is 0 Å². The summed E-state index contributed by atoms with van der Waals surface area (Å²) in [4.78, 5) is 11.5. The summed E-state index contributed by atoms with van der Waals surface area (Å²) in [5.41, 5.74) is 0.565. The van der Waals surface area contributed by atoms with Crippen LogP contribution in [0.2, 0.25) is 0 Å². The molecule has 2 rings (SSSR count). The topological polar surface area (TPSA) is 38.3 Å². The fourth-order valence-corrected chi connectivity index (χ4v) is 2.16. The van der Waals surface area contributed by atoms with Gasteiger partial charge in [-0.1, -0.05) is 34.8 Å². The van der Waals surface area contributed by atoms with Gasteiger partial charge < -0.3 is 10.1 Å². The SMILES string of the molecule is O=C(Nc1ccc(OC2CCCC2)cc1)C(Cl)(Cl)Cl. The molecule has 1 fully saturated rings. The van der Waals surface area contributed by atoms with E-state index in [1.807, 2.05) is 0 Å². The fraction of sp³-hybridized carbons (Fsp3) is 0.462. The van der Waals surface area contributed by atoms with Gasteiger partial charge in [0.1, 0.15) is 5.75 Å². The zero-order valence-corrected chi connectivity index (χ0v) is 12.4. The molecule has 1 aliphatic rings. The van der Waals surface area contributed by atoms with Crippen molar-refractivity contribution in [1.82, 2.24) is 0 Å². The van der Waals surface area contributed by atoms with E-state index in [0.717, 1.165) is 18.6 Å². The lowest BCUT2D eigenvalue weighted by atomic mass is 10.2. The molecular formula is C13H14Cl3NO2. The summed E-state index contributed by atoms with van der Waals surface area (Å²) in [5.74, 6) is 0.112. The highest BCUT2D eigenvalue weighted by Gasteiger charge is 2.30. The average molecular weight is 323 g/mol. The summed E-state index contributed by atoms with van der Waals surface area (Å²) in [6.07, 6.45) is 4.96. The van der Waals surface area contributed by atoms with Crippen LogP contribution in [0.3, 0.4) is 0 Å². The smallest absolute Gasteiger partial charge is 0.276 e. The van der Waals surface area contributed by atoms with Crippen molar-refractivity contribution in [2.45, 2.75) is 35.6 Å². The van der Waals surface area contributed by atoms with Crippen molar-refractivity contribution >= 4 is 46.4 Å². The van der Waals surface area contributed by atoms with Gasteiger partial charge in [0.25, 0.3) is 9.70 Å². The van der Waals surface area contributed by atoms with Crippen molar-refractivity contribution in [1.29, 1.82) is 0 Å². The van der Waals surface area contributed by atoms with E-state index < -0.39 is 9.70 Å². The normalized spacial score (nSPS) is 16.4. The van der Waals surface area contributed by atoms with Gasteiger partial charge >= 0.3 is 0 Å². The van der Waals surface area contributed by atoms with E-state index in [9.17, 15) is 4.79 Å². The maximum Gasteiger partial charge on any atom is 0.276 e. The first-order chi connectivity index (χ1) is 8.95. The maximum atomic E-state index is 11.5. The molecule has 0 bridgehead atoms. The largest absolute Gasteiger partial charge is 0.490 e. The Hall–Kier alpha value is -0.640. The second-order valence-electron chi connectivity index (χ2n) is 4.50. The first-order valence-corrected chi connectivity index (χ1v) is 7.23. The number of carbonyl (C=O) groups is 1. The lowest BCUT2D eigenvalue weighted by molar-refractivity contribution is -0.115. The summed E-state index contributed by atoms with van der Waals surface area (Å²) in [7, 11) is 0. The summed E-state index contributed by atoms with van der Waals surface area (Å²) in [5, 5.41) is 2.51. The molecule has 1 saturated carbocycles. The van der Waals surface area contributed by atoms with Gasteiger partial charge in [-0.2, -0.15) is 0 Å². The highest BCUT2D eigenvalue weighted by Crippen LogP contribution is 2.28. The van der Waals surface area contributed by atoms with Gasteiger partial charge in [-0.3, -0.25) is 4.79 Å². The van der Waals surface area contributed by atoms with Crippen molar-refractivity contribution in [3.8, 4) is 5.75 Å². The molecule has 0 radical (unpaired) electrons. The third kappa shape index (κ3) is 4.44. The maximum absolute atomic E-state index is 11.5. The second-order valence-corrected chi connectivity index (χ2v) is 6.78. The Labute approximate surface area is 127 Å². The van der Waals surface area contributed by atoms with Crippen LogP contribution in [-0.4, -0.2) is 15.8 Å². The van der Waals surface area contributed by atoms with Gasteiger partial charge in [-0.05, 0) is 49.9 Å². The molecule has 1 N–H and O–H groups in total. The summed E-state index contributed by atoms with van der Waals surface area (Å²) in [6.45, 7) is 0. The fourth-order valence-electron chi connectivity index (χ4n) is 2.02. The molecule has 19 heavy (non-hydrogen) atoms. The molecule has 0 spiro atoms. The number of amides is 1. The minimum atomic E-state index is -1.96. The van der Waals surface area contributed by atoms with Gasteiger partial charge in [0.2, 0.25) is 0 Å². The first kappa shape index (κ1) is 14.8. The molecule has 0 aromatic heterocycles. The van der Waals surface area contributed by atoms with Crippen molar-refractivity contribution in [2.75, 3.05) is 5.32 Å².